The van der Waals surface area contributed by atoms with Gasteiger partial charge in [0.15, 0.2) is 0 Å². The Kier molecular flexibility index (Phi) is 6.06. The topological polar surface area (TPSA) is 15.3 Å². The molecular weight excluding hydrogens is 264 g/mol. The highest BCUT2D eigenvalue weighted by atomic mass is 32.1. The Bertz CT molecular complexity index is 407. The van der Waals surface area contributed by atoms with Crippen molar-refractivity contribution in [1.29, 1.82) is 0 Å². The Morgan fingerprint density at radius 2 is 2.15 bits per heavy atom. The van der Waals surface area contributed by atoms with Crippen molar-refractivity contribution >= 4 is 11.3 Å². The van der Waals surface area contributed by atoms with E-state index in [0.717, 1.165) is 19.0 Å². The molecule has 20 heavy (non-hydrogen) atoms. The number of nitrogens with zero attached hydrogens (tertiary/aromatic N) is 1. The van der Waals surface area contributed by atoms with E-state index in [1.807, 2.05) is 11.3 Å². The van der Waals surface area contributed by atoms with Crippen LogP contribution < -0.4 is 5.32 Å². The van der Waals surface area contributed by atoms with Crippen molar-refractivity contribution in [2.45, 2.75) is 66.1 Å². The SMILES string of the molecule is CCCN(Cc1cc(CNC(C)C)sc1C)CC1CC1. The van der Waals surface area contributed by atoms with Gasteiger partial charge in [0, 0.05) is 35.4 Å². The smallest absolute Gasteiger partial charge is 0.0302 e. The van der Waals surface area contributed by atoms with Crippen LogP contribution in [0, 0.1) is 12.8 Å². The second-order valence-corrected chi connectivity index (χ2v) is 7.85. The van der Waals surface area contributed by atoms with E-state index < -0.39 is 0 Å². The predicted molar refractivity (Wildman–Crippen MR) is 89.3 cm³/mol. The second kappa shape index (κ2) is 7.58. The van der Waals surface area contributed by atoms with Gasteiger partial charge < -0.3 is 5.32 Å². The summed E-state index contributed by atoms with van der Waals surface area (Å²) in [5.74, 6) is 0.988. The molecule has 3 heteroatoms. The van der Waals surface area contributed by atoms with Crippen LogP contribution in [0.4, 0.5) is 0 Å². The van der Waals surface area contributed by atoms with Gasteiger partial charge in [-0.25, -0.2) is 0 Å². The molecule has 0 spiro atoms. The minimum absolute atomic E-state index is 0.562. The van der Waals surface area contributed by atoms with Crippen molar-refractivity contribution < 1.29 is 0 Å². The van der Waals surface area contributed by atoms with Crippen molar-refractivity contribution in [2.75, 3.05) is 13.1 Å². The molecule has 1 saturated carbocycles. The first-order chi connectivity index (χ1) is 9.58. The van der Waals surface area contributed by atoms with Gasteiger partial charge in [-0.15, -0.1) is 11.3 Å². The average molecular weight is 295 g/mol. The van der Waals surface area contributed by atoms with Crippen LogP contribution in [0.5, 0.6) is 0 Å². The lowest BCUT2D eigenvalue weighted by atomic mass is 10.2. The molecule has 1 aliphatic carbocycles. The standard InChI is InChI=1S/C17H30N2S/c1-5-8-19(11-15-6-7-15)12-16-9-17(20-14(16)4)10-18-13(2)3/h9,13,15,18H,5-8,10-12H2,1-4H3. The van der Waals surface area contributed by atoms with E-state index in [2.05, 4.69) is 44.0 Å². The normalized spacial score (nSPS) is 15.5. The summed E-state index contributed by atoms with van der Waals surface area (Å²) in [6.07, 6.45) is 4.16. The Balaban J connectivity index is 1.92. The fourth-order valence-corrected chi connectivity index (χ4v) is 3.60. The fraction of sp³-hybridized carbons (Fsp3) is 0.765. The Morgan fingerprint density at radius 1 is 1.40 bits per heavy atom. The van der Waals surface area contributed by atoms with Gasteiger partial charge in [0.1, 0.15) is 0 Å². The minimum atomic E-state index is 0.562. The van der Waals surface area contributed by atoms with Gasteiger partial charge in [0.2, 0.25) is 0 Å². The van der Waals surface area contributed by atoms with Crippen molar-refractivity contribution in [3.05, 3.63) is 21.4 Å². The van der Waals surface area contributed by atoms with E-state index in [1.165, 1.54) is 42.1 Å². The highest BCUT2D eigenvalue weighted by Gasteiger charge is 2.24. The van der Waals surface area contributed by atoms with Crippen molar-refractivity contribution in [3.63, 3.8) is 0 Å². The average Bonchev–Trinajstić information content (AvgIpc) is 3.12. The van der Waals surface area contributed by atoms with Crippen LogP contribution in [-0.2, 0) is 13.1 Å². The molecule has 1 aromatic heterocycles. The summed E-state index contributed by atoms with van der Waals surface area (Å²) in [6.45, 7) is 13.7. The van der Waals surface area contributed by atoms with Gasteiger partial charge in [-0.1, -0.05) is 20.8 Å². The molecule has 114 valence electrons. The van der Waals surface area contributed by atoms with Gasteiger partial charge in [0.05, 0.1) is 0 Å². The molecule has 0 bridgehead atoms. The van der Waals surface area contributed by atoms with E-state index in [4.69, 9.17) is 0 Å². The zero-order chi connectivity index (χ0) is 14.5. The van der Waals surface area contributed by atoms with Gasteiger partial charge in [-0.05, 0) is 50.3 Å². The summed E-state index contributed by atoms with van der Waals surface area (Å²) >= 11 is 1.96. The molecule has 0 aromatic carbocycles. The molecule has 2 rings (SSSR count). The lowest BCUT2D eigenvalue weighted by Crippen LogP contribution is -2.26. The van der Waals surface area contributed by atoms with E-state index in [-0.39, 0.29) is 0 Å². The number of hydrogen-bond donors (Lipinski definition) is 1. The number of rotatable bonds is 9. The molecule has 2 nitrogen and oxygen atoms in total. The minimum Gasteiger partial charge on any atom is -0.310 e. The summed E-state index contributed by atoms with van der Waals surface area (Å²) < 4.78 is 0. The molecule has 0 unspecified atom stereocenters. The number of hydrogen-bond acceptors (Lipinski definition) is 3. The Hall–Kier alpha value is -0.380. The maximum Gasteiger partial charge on any atom is 0.0302 e. The molecule has 0 aliphatic heterocycles. The third kappa shape index (κ3) is 5.19. The van der Waals surface area contributed by atoms with Crippen molar-refractivity contribution in [3.8, 4) is 0 Å². The molecule has 0 saturated heterocycles. The monoisotopic (exact) mass is 294 g/mol. The third-order valence-corrected chi connectivity index (χ3v) is 5.00. The molecule has 0 atom stereocenters. The highest BCUT2D eigenvalue weighted by Crippen LogP contribution is 2.31. The van der Waals surface area contributed by atoms with Crippen LogP contribution in [0.1, 0.15) is 55.4 Å². The Labute approximate surface area is 128 Å². The molecule has 1 N–H and O–H groups in total. The largest absolute Gasteiger partial charge is 0.310 e. The first-order valence-electron chi connectivity index (χ1n) is 8.12. The van der Waals surface area contributed by atoms with Crippen molar-refractivity contribution in [2.24, 2.45) is 5.92 Å². The summed E-state index contributed by atoms with van der Waals surface area (Å²) in [7, 11) is 0. The van der Waals surface area contributed by atoms with E-state index in [0.29, 0.717) is 6.04 Å². The maximum absolute atomic E-state index is 3.52. The predicted octanol–water partition coefficient (Wildman–Crippen LogP) is 4.18. The first-order valence-corrected chi connectivity index (χ1v) is 8.94. The van der Waals surface area contributed by atoms with E-state index >= 15 is 0 Å². The van der Waals surface area contributed by atoms with E-state index in [1.54, 1.807) is 5.56 Å². The quantitative estimate of drug-likeness (QED) is 0.735. The van der Waals surface area contributed by atoms with Crippen LogP contribution in [-0.4, -0.2) is 24.0 Å². The Morgan fingerprint density at radius 3 is 2.75 bits per heavy atom. The lowest BCUT2D eigenvalue weighted by molar-refractivity contribution is 0.255. The lowest BCUT2D eigenvalue weighted by Gasteiger charge is -2.21. The molecule has 1 aliphatic rings. The third-order valence-electron chi connectivity index (χ3n) is 3.90. The summed E-state index contributed by atoms with van der Waals surface area (Å²) in [5, 5.41) is 3.52. The number of aryl methyl sites for hydroxylation is 1. The molecular formula is C17H30N2S. The number of thiophene rings is 1. The highest BCUT2D eigenvalue weighted by molar-refractivity contribution is 7.12. The summed E-state index contributed by atoms with van der Waals surface area (Å²) in [6, 6.07) is 2.98. The van der Waals surface area contributed by atoms with Crippen LogP contribution >= 0.6 is 11.3 Å². The van der Waals surface area contributed by atoms with E-state index in [9.17, 15) is 0 Å². The molecule has 1 fully saturated rings. The van der Waals surface area contributed by atoms with Gasteiger partial charge >= 0.3 is 0 Å². The number of nitrogens with one attached hydrogen (secondary N) is 1. The van der Waals surface area contributed by atoms with Gasteiger partial charge in [-0.2, -0.15) is 0 Å². The van der Waals surface area contributed by atoms with Crippen LogP contribution in [0.3, 0.4) is 0 Å². The van der Waals surface area contributed by atoms with Crippen LogP contribution in [0.15, 0.2) is 6.07 Å². The molecule has 1 aromatic rings. The van der Waals surface area contributed by atoms with Crippen molar-refractivity contribution in [1.82, 2.24) is 10.2 Å². The van der Waals surface area contributed by atoms with Gasteiger partial charge in [0.25, 0.3) is 0 Å². The molecule has 0 amide bonds. The second-order valence-electron chi connectivity index (χ2n) is 6.51. The summed E-state index contributed by atoms with van der Waals surface area (Å²) in [5.41, 5.74) is 1.55. The molecule has 0 radical (unpaired) electrons. The summed E-state index contributed by atoms with van der Waals surface area (Å²) in [4.78, 5) is 5.64. The fourth-order valence-electron chi connectivity index (χ4n) is 2.59. The van der Waals surface area contributed by atoms with Gasteiger partial charge in [-0.3, -0.25) is 4.90 Å². The zero-order valence-electron chi connectivity index (χ0n) is 13.5. The first kappa shape index (κ1) is 16.0. The zero-order valence-corrected chi connectivity index (χ0v) is 14.4. The van der Waals surface area contributed by atoms with Crippen LogP contribution in [0.25, 0.3) is 0 Å². The maximum atomic E-state index is 3.52. The van der Waals surface area contributed by atoms with Crippen LogP contribution in [0.2, 0.25) is 0 Å². The molecule has 1 heterocycles.